The Morgan fingerprint density at radius 3 is 3.00 bits per heavy atom. The van der Waals surface area contributed by atoms with E-state index in [1.807, 2.05) is 0 Å². The summed E-state index contributed by atoms with van der Waals surface area (Å²) in [5, 5.41) is 13.4. The van der Waals surface area contributed by atoms with Crippen molar-refractivity contribution < 1.29 is 18.7 Å². The van der Waals surface area contributed by atoms with Crippen molar-refractivity contribution in [3.8, 4) is 0 Å². The molecule has 0 unspecified atom stereocenters. The lowest BCUT2D eigenvalue weighted by atomic mass is 10.2. The van der Waals surface area contributed by atoms with Crippen LogP contribution in [0, 0.1) is 12.7 Å². The van der Waals surface area contributed by atoms with E-state index in [-0.39, 0.29) is 29.5 Å². The second-order valence-electron chi connectivity index (χ2n) is 6.91. The molecular formula is C19H25FN6O3. The van der Waals surface area contributed by atoms with Crippen molar-refractivity contribution in [3.63, 3.8) is 0 Å². The van der Waals surface area contributed by atoms with Crippen LogP contribution in [-0.2, 0) is 11.3 Å². The molecule has 0 radical (unpaired) electrons. The van der Waals surface area contributed by atoms with Gasteiger partial charge in [-0.3, -0.25) is 4.79 Å². The molecule has 10 heteroatoms. The molecular weight excluding hydrogens is 379 g/mol. The molecule has 1 aliphatic rings. The Labute approximate surface area is 168 Å². The molecule has 1 aliphatic heterocycles. The second kappa shape index (κ2) is 9.46. The van der Waals surface area contributed by atoms with E-state index >= 15 is 0 Å². The van der Waals surface area contributed by atoms with E-state index in [2.05, 4.69) is 20.9 Å². The van der Waals surface area contributed by atoms with Gasteiger partial charge in [0.15, 0.2) is 5.69 Å². The van der Waals surface area contributed by atoms with E-state index in [0.717, 1.165) is 12.8 Å². The Kier molecular flexibility index (Phi) is 6.76. The van der Waals surface area contributed by atoms with E-state index in [9.17, 15) is 14.0 Å². The van der Waals surface area contributed by atoms with Crippen LogP contribution in [0.15, 0.2) is 24.4 Å². The Morgan fingerprint density at radius 1 is 1.38 bits per heavy atom. The fraction of sp³-hybridized carbons (Fsp3) is 0.474. The van der Waals surface area contributed by atoms with E-state index in [1.54, 1.807) is 41.9 Å². The van der Waals surface area contributed by atoms with Crippen LogP contribution in [0.5, 0.6) is 0 Å². The van der Waals surface area contributed by atoms with Gasteiger partial charge in [0, 0.05) is 31.5 Å². The summed E-state index contributed by atoms with van der Waals surface area (Å²) in [6, 6.07) is 4.23. The number of anilines is 1. The maximum atomic E-state index is 13.7. The number of aromatic nitrogens is 3. The summed E-state index contributed by atoms with van der Waals surface area (Å²) in [5.41, 5.74) is 1.07. The Morgan fingerprint density at radius 2 is 2.21 bits per heavy atom. The fourth-order valence-corrected chi connectivity index (χ4v) is 3.29. The molecule has 2 aromatic rings. The van der Waals surface area contributed by atoms with Crippen LogP contribution in [0.2, 0.25) is 0 Å². The number of urea groups is 1. The highest BCUT2D eigenvalue weighted by atomic mass is 19.1. The third-order valence-corrected chi connectivity index (χ3v) is 4.91. The number of nitrogens with one attached hydrogen (secondary N) is 2. The number of hydrogen-bond acceptors (Lipinski definition) is 5. The number of likely N-dealkylation sites (tertiary alicyclic amines) is 1. The van der Waals surface area contributed by atoms with Crippen LogP contribution >= 0.6 is 0 Å². The highest BCUT2D eigenvalue weighted by Gasteiger charge is 2.30. The first-order valence-electron chi connectivity index (χ1n) is 9.49. The number of nitrogens with zero attached hydrogens (tertiary/aromatic N) is 4. The average molecular weight is 404 g/mol. The molecule has 3 rings (SSSR count). The lowest BCUT2D eigenvalue weighted by Crippen LogP contribution is -2.41. The molecule has 0 aliphatic carbocycles. The molecule has 3 amide bonds. The minimum atomic E-state index is -0.361. The molecule has 156 valence electrons. The van der Waals surface area contributed by atoms with Crippen molar-refractivity contribution in [3.05, 3.63) is 41.5 Å². The normalized spacial score (nSPS) is 16.1. The molecule has 1 aromatic carbocycles. The summed E-state index contributed by atoms with van der Waals surface area (Å²) in [5.74, 6) is -0.685. The van der Waals surface area contributed by atoms with Crippen molar-refractivity contribution in [2.24, 2.45) is 0 Å². The molecule has 1 aromatic heterocycles. The number of hydrogen-bond donors (Lipinski definition) is 2. The highest BCUT2D eigenvalue weighted by Crippen LogP contribution is 2.22. The van der Waals surface area contributed by atoms with E-state index in [0.29, 0.717) is 37.5 Å². The molecule has 1 saturated heterocycles. The third-order valence-electron chi connectivity index (χ3n) is 4.91. The number of methoxy groups -OCH3 is 1. The number of carbonyl (C=O) groups is 2. The molecule has 29 heavy (non-hydrogen) atoms. The van der Waals surface area contributed by atoms with Gasteiger partial charge in [0.25, 0.3) is 5.91 Å². The average Bonchev–Trinajstić information content (AvgIpc) is 3.35. The predicted molar refractivity (Wildman–Crippen MR) is 104 cm³/mol. The van der Waals surface area contributed by atoms with Gasteiger partial charge in [-0.1, -0.05) is 11.3 Å². The zero-order chi connectivity index (χ0) is 20.8. The summed E-state index contributed by atoms with van der Waals surface area (Å²) in [6.07, 6.45) is 3.23. The standard InChI is InChI=1S/C19H25FN6O3/c1-13-15(20)6-3-7-16(13)22-19(28)26-9-4-5-14(26)11-25-12-17(23-24-25)18(27)21-8-10-29-2/h3,6-7,12,14H,4-5,8-11H2,1-2H3,(H,21,27)(H,22,28)/t14-/m0/s1. The van der Waals surface area contributed by atoms with Crippen LogP contribution < -0.4 is 10.6 Å². The molecule has 2 N–H and O–H groups in total. The van der Waals surface area contributed by atoms with Gasteiger partial charge in [0.2, 0.25) is 0 Å². The number of ether oxygens (including phenoxy) is 1. The maximum absolute atomic E-state index is 13.7. The summed E-state index contributed by atoms with van der Waals surface area (Å²) in [6.45, 7) is 3.45. The van der Waals surface area contributed by atoms with Crippen molar-refractivity contribution in [2.45, 2.75) is 32.4 Å². The number of halogens is 1. The van der Waals surface area contributed by atoms with Crippen molar-refractivity contribution in [1.29, 1.82) is 0 Å². The zero-order valence-electron chi connectivity index (χ0n) is 16.5. The van der Waals surface area contributed by atoms with Crippen LogP contribution in [0.4, 0.5) is 14.9 Å². The molecule has 2 heterocycles. The molecule has 9 nitrogen and oxygen atoms in total. The number of benzene rings is 1. The smallest absolute Gasteiger partial charge is 0.322 e. The van der Waals surface area contributed by atoms with Gasteiger partial charge >= 0.3 is 6.03 Å². The van der Waals surface area contributed by atoms with Crippen molar-refractivity contribution in [2.75, 3.05) is 32.1 Å². The molecule has 1 atom stereocenters. The summed E-state index contributed by atoms with van der Waals surface area (Å²) in [7, 11) is 1.56. The minimum absolute atomic E-state index is 0.0880. The van der Waals surface area contributed by atoms with Gasteiger partial charge in [-0.05, 0) is 31.9 Å². The van der Waals surface area contributed by atoms with Gasteiger partial charge in [0.1, 0.15) is 5.82 Å². The lowest BCUT2D eigenvalue weighted by molar-refractivity contribution is 0.0932. The largest absolute Gasteiger partial charge is 0.383 e. The van der Waals surface area contributed by atoms with Gasteiger partial charge < -0.3 is 20.3 Å². The Hall–Kier alpha value is -3.01. The Bertz CT molecular complexity index is 871. The number of rotatable bonds is 7. The molecule has 1 fully saturated rings. The maximum Gasteiger partial charge on any atom is 0.322 e. The number of amides is 3. The quantitative estimate of drug-likeness (QED) is 0.686. The van der Waals surface area contributed by atoms with Crippen LogP contribution in [0.1, 0.15) is 28.9 Å². The SMILES string of the molecule is COCCNC(=O)c1cn(C[C@@H]2CCCN2C(=O)Nc2cccc(F)c2C)nn1. The van der Waals surface area contributed by atoms with E-state index < -0.39 is 0 Å². The van der Waals surface area contributed by atoms with Gasteiger partial charge in [-0.25, -0.2) is 13.9 Å². The van der Waals surface area contributed by atoms with Crippen LogP contribution in [-0.4, -0.2) is 64.7 Å². The van der Waals surface area contributed by atoms with E-state index in [1.165, 1.54) is 6.07 Å². The first-order valence-corrected chi connectivity index (χ1v) is 9.49. The summed E-state index contributed by atoms with van der Waals surface area (Å²) >= 11 is 0. The summed E-state index contributed by atoms with van der Waals surface area (Å²) < 4.78 is 20.2. The molecule has 0 spiro atoms. The zero-order valence-corrected chi connectivity index (χ0v) is 16.5. The van der Waals surface area contributed by atoms with Crippen LogP contribution in [0.3, 0.4) is 0 Å². The highest BCUT2D eigenvalue weighted by molar-refractivity contribution is 5.92. The van der Waals surface area contributed by atoms with Gasteiger partial charge in [-0.15, -0.1) is 5.10 Å². The Balaban J connectivity index is 1.60. The van der Waals surface area contributed by atoms with Crippen molar-refractivity contribution in [1.82, 2.24) is 25.2 Å². The predicted octanol–water partition coefficient (Wildman–Crippen LogP) is 1.80. The lowest BCUT2D eigenvalue weighted by Gasteiger charge is -2.25. The fourth-order valence-electron chi connectivity index (χ4n) is 3.29. The molecule has 0 saturated carbocycles. The minimum Gasteiger partial charge on any atom is -0.383 e. The monoisotopic (exact) mass is 404 g/mol. The molecule has 0 bridgehead atoms. The first kappa shape index (κ1) is 20.7. The topological polar surface area (TPSA) is 101 Å². The van der Waals surface area contributed by atoms with Crippen molar-refractivity contribution >= 4 is 17.6 Å². The van der Waals surface area contributed by atoms with Crippen LogP contribution in [0.25, 0.3) is 0 Å². The van der Waals surface area contributed by atoms with E-state index in [4.69, 9.17) is 4.74 Å². The third kappa shape index (κ3) is 5.08. The number of carbonyl (C=O) groups excluding carboxylic acids is 2. The second-order valence-corrected chi connectivity index (χ2v) is 6.91. The summed E-state index contributed by atoms with van der Waals surface area (Å²) in [4.78, 5) is 26.4. The first-order chi connectivity index (χ1) is 14.0. The van der Waals surface area contributed by atoms with Gasteiger partial charge in [-0.2, -0.15) is 0 Å². The van der Waals surface area contributed by atoms with Gasteiger partial charge in [0.05, 0.1) is 25.4 Å².